The number of rotatable bonds is 4. The fourth-order valence-corrected chi connectivity index (χ4v) is 2.75. The van der Waals surface area contributed by atoms with Gasteiger partial charge in [-0.25, -0.2) is 0 Å². The highest BCUT2D eigenvalue weighted by Crippen LogP contribution is 2.25. The van der Waals surface area contributed by atoms with Crippen LogP contribution in [0.25, 0.3) is 22.3 Å². The first kappa shape index (κ1) is 17.9. The molecular formula is C24H25NO. The van der Waals surface area contributed by atoms with E-state index < -0.39 is 0 Å². The lowest BCUT2D eigenvalue weighted by Crippen LogP contribution is -2.32. The summed E-state index contributed by atoms with van der Waals surface area (Å²) in [5.41, 5.74) is 5.44. The third-order valence-electron chi connectivity index (χ3n) is 4.25. The Labute approximate surface area is 155 Å². The molecular weight excluding hydrogens is 318 g/mol. The molecule has 0 aromatic heterocycles. The number of carbonyl (C=O) groups is 1. The molecule has 1 amide bonds. The van der Waals surface area contributed by atoms with Crippen molar-refractivity contribution in [1.82, 2.24) is 5.32 Å². The molecule has 0 unspecified atom stereocenters. The number of nitrogens with one attached hydrogen (secondary N) is 1. The average molecular weight is 343 g/mol. The van der Waals surface area contributed by atoms with Crippen molar-refractivity contribution in [3.63, 3.8) is 0 Å². The molecule has 2 heteroatoms. The van der Waals surface area contributed by atoms with Crippen LogP contribution in [0, 0.1) is 5.41 Å². The molecule has 2 nitrogen and oxygen atoms in total. The number of benzene rings is 3. The van der Waals surface area contributed by atoms with E-state index in [4.69, 9.17) is 0 Å². The lowest BCUT2D eigenvalue weighted by atomic mass is 9.96. The SMILES string of the molecule is CC(C)(C)CNC(=O)c1ccc(-c2ccc(-c3ccccc3)cc2)cc1. The summed E-state index contributed by atoms with van der Waals surface area (Å²) in [7, 11) is 0. The number of hydrogen-bond acceptors (Lipinski definition) is 1. The van der Waals surface area contributed by atoms with Gasteiger partial charge in [0.15, 0.2) is 0 Å². The summed E-state index contributed by atoms with van der Waals surface area (Å²) in [6, 6.07) is 26.6. The first-order chi connectivity index (χ1) is 12.4. The van der Waals surface area contributed by atoms with Gasteiger partial charge in [0.25, 0.3) is 5.91 Å². The van der Waals surface area contributed by atoms with E-state index in [2.05, 4.69) is 62.5 Å². The normalized spacial score (nSPS) is 11.2. The quantitative estimate of drug-likeness (QED) is 0.637. The van der Waals surface area contributed by atoms with Crippen LogP contribution in [0.2, 0.25) is 0 Å². The molecule has 0 atom stereocenters. The van der Waals surface area contributed by atoms with Crippen LogP contribution in [0.1, 0.15) is 31.1 Å². The highest BCUT2D eigenvalue weighted by molar-refractivity contribution is 5.94. The van der Waals surface area contributed by atoms with Crippen LogP contribution in [0.5, 0.6) is 0 Å². The van der Waals surface area contributed by atoms with Gasteiger partial charge in [-0.3, -0.25) is 4.79 Å². The fraction of sp³-hybridized carbons (Fsp3) is 0.208. The Hall–Kier alpha value is -2.87. The van der Waals surface area contributed by atoms with E-state index >= 15 is 0 Å². The van der Waals surface area contributed by atoms with Gasteiger partial charge in [-0.2, -0.15) is 0 Å². The molecule has 0 aliphatic carbocycles. The van der Waals surface area contributed by atoms with Crippen LogP contribution in [0.3, 0.4) is 0 Å². The molecule has 132 valence electrons. The second-order valence-corrected chi connectivity index (χ2v) is 7.76. The predicted molar refractivity (Wildman–Crippen MR) is 109 cm³/mol. The Balaban J connectivity index is 1.71. The molecule has 3 rings (SSSR count). The minimum atomic E-state index is -0.0223. The Morgan fingerprint density at radius 1 is 0.692 bits per heavy atom. The summed E-state index contributed by atoms with van der Waals surface area (Å²) in [4.78, 5) is 12.2. The van der Waals surface area contributed by atoms with Crippen molar-refractivity contribution < 1.29 is 4.79 Å². The monoisotopic (exact) mass is 343 g/mol. The zero-order chi connectivity index (χ0) is 18.6. The summed E-state index contributed by atoms with van der Waals surface area (Å²) < 4.78 is 0. The maximum absolute atomic E-state index is 12.2. The minimum Gasteiger partial charge on any atom is -0.352 e. The predicted octanol–water partition coefficient (Wildman–Crippen LogP) is 5.80. The zero-order valence-electron chi connectivity index (χ0n) is 15.6. The first-order valence-corrected chi connectivity index (χ1v) is 8.96. The Morgan fingerprint density at radius 3 is 1.58 bits per heavy atom. The third-order valence-corrected chi connectivity index (χ3v) is 4.25. The number of amides is 1. The standard InChI is InChI=1S/C24H25NO/c1-24(2,3)17-25-23(26)22-15-13-21(14-16-22)20-11-9-19(10-12-20)18-7-5-4-6-8-18/h4-16H,17H2,1-3H3,(H,25,26). The topological polar surface area (TPSA) is 29.1 Å². The number of hydrogen-bond donors (Lipinski definition) is 1. The molecule has 1 N–H and O–H groups in total. The van der Waals surface area contributed by atoms with Gasteiger partial charge in [-0.15, -0.1) is 0 Å². The van der Waals surface area contributed by atoms with Crippen LogP contribution in [-0.4, -0.2) is 12.5 Å². The molecule has 0 aliphatic heterocycles. The highest BCUT2D eigenvalue weighted by Gasteiger charge is 2.13. The minimum absolute atomic E-state index is 0.0223. The summed E-state index contributed by atoms with van der Waals surface area (Å²) >= 11 is 0. The van der Waals surface area contributed by atoms with Crippen molar-refractivity contribution in [2.75, 3.05) is 6.54 Å². The lowest BCUT2D eigenvalue weighted by Gasteiger charge is -2.18. The van der Waals surface area contributed by atoms with Crippen molar-refractivity contribution in [3.05, 3.63) is 84.4 Å². The Kier molecular flexibility index (Phi) is 5.22. The first-order valence-electron chi connectivity index (χ1n) is 8.96. The van der Waals surface area contributed by atoms with E-state index in [1.807, 2.05) is 42.5 Å². The summed E-state index contributed by atoms with van der Waals surface area (Å²) in [5, 5.41) is 2.98. The van der Waals surface area contributed by atoms with Crippen LogP contribution in [0.15, 0.2) is 78.9 Å². The molecule has 0 fully saturated rings. The van der Waals surface area contributed by atoms with Crippen molar-refractivity contribution in [1.29, 1.82) is 0 Å². The molecule has 3 aromatic carbocycles. The molecule has 0 heterocycles. The van der Waals surface area contributed by atoms with Gasteiger partial charge >= 0.3 is 0 Å². The van der Waals surface area contributed by atoms with E-state index in [1.165, 1.54) is 11.1 Å². The van der Waals surface area contributed by atoms with Crippen LogP contribution >= 0.6 is 0 Å². The highest BCUT2D eigenvalue weighted by atomic mass is 16.1. The van der Waals surface area contributed by atoms with E-state index in [0.717, 1.165) is 11.1 Å². The van der Waals surface area contributed by atoms with Crippen molar-refractivity contribution in [3.8, 4) is 22.3 Å². The van der Waals surface area contributed by atoms with Gasteiger partial charge in [0.2, 0.25) is 0 Å². The maximum atomic E-state index is 12.2. The maximum Gasteiger partial charge on any atom is 0.251 e. The molecule has 0 spiro atoms. The smallest absolute Gasteiger partial charge is 0.251 e. The zero-order valence-corrected chi connectivity index (χ0v) is 15.6. The van der Waals surface area contributed by atoms with Crippen molar-refractivity contribution in [2.24, 2.45) is 5.41 Å². The lowest BCUT2D eigenvalue weighted by molar-refractivity contribution is 0.0939. The van der Waals surface area contributed by atoms with E-state index in [9.17, 15) is 4.79 Å². The number of carbonyl (C=O) groups excluding carboxylic acids is 1. The Bertz CT molecular complexity index is 857. The third kappa shape index (κ3) is 4.60. The summed E-state index contributed by atoms with van der Waals surface area (Å²) in [6.07, 6.45) is 0. The van der Waals surface area contributed by atoms with Crippen molar-refractivity contribution >= 4 is 5.91 Å². The van der Waals surface area contributed by atoms with Gasteiger partial charge in [0.1, 0.15) is 0 Å². The molecule has 3 aromatic rings. The van der Waals surface area contributed by atoms with Crippen molar-refractivity contribution in [2.45, 2.75) is 20.8 Å². The van der Waals surface area contributed by atoms with Gasteiger partial charge in [0.05, 0.1) is 0 Å². The van der Waals surface area contributed by atoms with Crippen LogP contribution in [-0.2, 0) is 0 Å². The van der Waals surface area contributed by atoms with Crippen LogP contribution < -0.4 is 5.32 Å². The van der Waals surface area contributed by atoms with Gasteiger partial charge in [-0.1, -0.05) is 87.5 Å². The molecule has 0 saturated heterocycles. The largest absolute Gasteiger partial charge is 0.352 e. The summed E-state index contributed by atoms with van der Waals surface area (Å²) in [6.45, 7) is 6.98. The second-order valence-electron chi connectivity index (χ2n) is 7.76. The Morgan fingerprint density at radius 2 is 1.12 bits per heavy atom. The summed E-state index contributed by atoms with van der Waals surface area (Å²) in [5.74, 6) is -0.0223. The van der Waals surface area contributed by atoms with E-state index in [-0.39, 0.29) is 11.3 Å². The average Bonchev–Trinajstić information content (AvgIpc) is 2.66. The molecule has 0 aliphatic rings. The van der Waals surface area contributed by atoms with E-state index in [1.54, 1.807) is 0 Å². The van der Waals surface area contributed by atoms with Gasteiger partial charge < -0.3 is 5.32 Å². The molecule has 0 saturated carbocycles. The van der Waals surface area contributed by atoms with Crippen LogP contribution in [0.4, 0.5) is 0 Å². The van der Waals surface area contributed by atoms with Gasteiger partial charge in [0, 0.05) is 12.1 Å². The second kappa shape index (κ2) is 7.57. The molecule has 0 radical (unpaired) electrons. The molecule has 0 bridgehead atoms. The fourth-order valence-electron chi connectivity index (χ4n) is 2.75. The van der Waals surface area contributed by atoms with E-state index in [0.29, 0.717) is 12.1 Å². The van der Waals surface area contributed by atoms with Gasteiger partial charge in [-0.05, 0) is 39.8 Å². The molecule has 26 heavy (non-hydrogen) atoms.